The topological polar surface area (TPSA) is 0 Å². The van der Waals surface area contributed by atoms with Gasteiger partial charge >= 0.3 is 12.3 Å². The summed E-state index contributed by atoms with van der Waals surface area (Å²) in [7, 11) is 0. The summed E-state index contributed by atoms with van der Waals surface area (Å²) in [6.07, 6.45) is -3.53. The maximum absolute atomic E-state index is 11.7. The molecule has 0 saturated carbocycles. The van der Waals surface area contributed by atoms with E-state index in [1.54, 1.807) is 0 Å². The van der Waals surface area contributed by atoms with Crippen molar-refractivity contribution in [3.8, 4) is 0 Å². The Bertz CT molecular complexity index is 102. The SMILES string of the molecule is CC(C)(C)F.CC(F)(F)C(F)F. The highest BCUT2D eigenvalue weighted by atomic mass is 19.3. The van der Waals surface area contributed by atoms with E-state index in [-0.39, 0.29) is 6.92 Å². The van der Waals surface area contributed by atoms with Gasteiger partial charge in [0.15, 0.2) is 0 Å². The molecule has 0 aliphatic rings. The predicted octanol–water partition coefficient (Wildman–Crippen LogP) is 3.66. The Morgan fingerprint density at radius 1 is 0.833 bits per heavy atom. The Balaban J connectivity index is 0. The summed E-state index contributed by atoms with van der Waals surface area (Å²) in [5, 5.41) is 0. The first-order valence-electron chi connectivity index (χ1n) is 3.29. The molecule has 0 aromatic rings. The maximum atomic E-state index is 11.7. The van der Waals surface area contributed by atoms with E-state index in [4.69, 9.17) is 0 Å². The molecular weight excluding hydrogens is 179 g/mol. The highest BCUT2D eigenvalue weighted by Gasteiger charge is 2.33. The average Bonchev–Trinajstić information content (AvgIpc) is 1.55. The Morgan fingerprint density at radius 3 is 0.917 bits per heavy atom. The van der Waals surface area contributed by atoms with Crippen LogP contribution in [0, 0.1) is 0 Å². The fourth-order valence-electron chi connectivity index (χ4n) is 0. The van der Waals surface area contributed by atoms with Crippen LogP contribution in [0.1, 0.15) is 27.7 Å². The molecule has 0 aliphatic heterocycles. The van der Waals surface area contributed by atoms with Crippen LogP contribution in [0.5, 0.6) is 0 Å². The quantitative estimate of drug-likeness (QED) is 0.556. The van der Waals surface area contributed by atoms with Gasteiger partial charge in [-0.1, -0.05) is 0 Å². The molecule has 0 N–H and O–H groups in total. The maximum Gasteiger partial charge on any atom is 0.304 e. The molecule has 0 spiro atoms. The molecule has 0 rings (SSSR count). The third kappa shape index (κ3) is 22.6. The van der Waals surface area contributed by atoms with Crippen LogP contribution >= 0.6 is 0 Å². The van der Waals surface area contributed by atoms with Crippen molar-refractivity contribution in [2.45, 2.75) is 45.7 Å². The van der Waals surface area contributed by atoms with Gasteiger partial charge in [-0.25, -0.2) is 22.0 Å². The van der Waals surface area contributed by atoms with Crippen molar-refractivity contribution in [3.63, 3.8) is 0 Å². The first-order valence-corrected chi connectivity index (χ1v) is 3.29. The van der Waals surface area contributed by atoms with E-state index in [1.807, 2.05) is 0 Å². The minimum atomic E-state index is -3.83. The Hall–Kier alpha value is -0.350. The van der Waals surface area contributed by atoms with Gasteiger partial charge in [-0.05, 0) is 20.8 Å². The highest BCUT2D eigenvalue weighted by Crippen LogP contribution is 2.20. The Labute approximate surface area is 68.8 Å². The Kier molecular flexibility index (Phi) is 5.46. The predicted molar refractivity (Wildman–Crippen MR) is 37.5 cm³/mol. The van der Waals surface area contributed by atoms with E-state index in [0.29, 0.717) is 0 Å². The zero-order chi connectivity index (χ0) is 10.6. The van der Waals surface area contributed by atoms with Crippen LogP contribution in [0.4, 0.5) is 22.0 Å². The summed E-state index contributed by atoms with van der Waals surface area (Å²) in [6, 6.07) is 0. The molecular formula is C7H13F5. The molecule has 0 amide bonds. The fourth-order valence-corrected chi connectivity index (χ4v) is 0. The molecule has 0 aliphatic carbocycles. The highest BCUT2D eigenvalue weighted by molar-refractivity contribution is 4.58. The minimum absolute atomic E-state index is 0.178. The van der Waals surface area contributed by atoms with Gasteiger partial charge in [0, 0.05) is 6.92 Å². The lowest BCUT2D eigenvalue weighted by molar-refractivity contribution is -0.113. The second kappa shape index (κ2) is 4.62. The van der Waals surface area contributed by atoms with Crippen LogP contribution in [0.15, 0.2) is 0 Å². The molecule has 0 saturated heterocycles. The van der Waals surface area contributed by atoms with Crippen LogP contribution in [0.3, 0.4) is 0 Å². The van der Waals surface area contributed by atoms with Gasteiger partial charge in [0.1, 0.15) is 5.67 Å². The fraction of sp³-hybridized carbons (Fsp3) is 1.00. The van der Waals surface area contributed by atoms with Gasteiger partial charge < -0.3 is 0 Å². The molecule has 0 bridgehead atoms. The van der Waals surface area contributed by atoms with Crippen molar-refractivity contribution in [2.75, 3.05) is 0 Å². The van der Waals surface area contributed by atoms with E-state index >= 15 is 0 Å². The molecule has 0 aromatic heterocycles. The summed E-state index contributed by atoms with van der Waals surface area (Å²) in [5.41, 5.74) is -1.00. The van der Waals surface area contributed by atoms with Gasteiger partial charge in [-0.2, -0.15) is 0 Å². The summed E-state index contributed by atoms with van der Waals surface area (Å²) >= 11 is 0. The van der Waals surface area contributed by atoms with Gasteiger partial charge in [-0.15, -0.1) is 0 Å². The van der Waals surface area contributed by atoms with Crippen molar-refractivity contribution < 1.29 is 22.0 Å². The molecule has 76 valence electrons. The number of halogens is 5. The second-order valence-electron chi connectivity index (χ2n) is 3.32. The third-order valence-electron chi connectivity index (χ3n) is 0.383. The number of alkyl halides is 5. The largest absolute Gasteiger partial charge is 0.304 e. The minimum Gasteiger partial charge on any atom is -0.245 e. The third-order valence-corrected chi connectivity index (χ3v) is 0.383. The number of rotatable bonds is 1. The summed E-state index contributed by atoms with van der Waals surface area (Å²) in [6.45, 7) is 4.74. The second-order valence-corrected chi connectivity index (χ2v) is 3.32. The van der Waals surface area contributed by atoms with Crippen LogP contribution < -0.4 is 0 Å². The normalized spacial score (nSPS) is 12.5. The molecule has 0 atom stereocenters. The molecule has 5 heteroatoms. The standard InChI is InChI=1S/C4H9F.C3H4F4/c1-4(2,3)5;1-3(6,7)2(4)5/h1-3H3;2H,1H3. The van der Waals surface area contributed by atoms with Crippen molar-refractivity contribution in [1.29, 1.82) is 0 Å². The molecule has 0 aromatic carbocycles. The molecule has 0 unspecified atom stereocenters. The summed E-state index contributed by atoms with van der Waals surface area (Å²) in [5.74, 6) is -3.83. The lowest BCUT2D eigenvalue weighted by Crippen LogP contribution is -2.20. The zero-order valence-corrected chi connectivity index (χ0v) is 7.47. The van der Waals surface area contributed by atoms with Gasteiger partial charge in [-0.3, -0.25) is 0 Å². The first kappa shape index (κ1) is 14.2. The monoisotopic (exact) mass is 192 g/mol. The van der Waals surface area contributed by atoms with Crippen LogP contribution in [-0.2, 0) is 0 Å². The van der Waals surface area contributed by atoms with Crippen molar-refractivity contribution in [3.05, 3.63) is 0 Å². The summed E-state index contributed by atoms with van der Waals surface area (Å²) in [4.78, 5) is 0. The molecule has 12 heavy (non-hydrogen) atoms. The van der Waals surface area contributed by atoms with Crippen molar-refractivity contribution in [2.24, 2.45) is 0 Å². The lowest BCUT2D eigenvalue weighted by Gasteiger charge is -2.05. The van der Waals surface area contributed by atoms with Gasteiger partial charge in [0.05, 0.1) is 0 Å². The van der Waals surface area contributed by atoms with E-state index in [9.17, 15) is 22.0 Å². The van der Waals surface area contributed by atoms with E-state index in [2.05, 4.69) is 0 Å². The summed E-state index contributed by atoms with van der Waals surface area (Å²) < 4.78 is 55.5. The van der Waals surface area contributed by atoms with Crippen molar-refractivity contribution in [1.82, 2.24) is 0 Å². The molecule has 0 nitrogen and oxygen atoms in total. The van der Waals surface area contributed by atoms with E-state index in [1.165, 1.54) is 20.8 Å². The number of hydrogen-bond acceptors (Lipinski definition) is 0. The van der Waals surface area contributed by atoms with Crippen LogP contribution in [0.25, 0.3) is 0 Å². The first-order chi connectivity index (χ1) is 4.94. The average molecular weight is 192 g/mol. The number of hydrogen-bond donors (Lipinski definition) is 0. The smallest absolute Gasteiger partial charge is 0.245 e. The molecule has 0 radical (unpaired) electrons. The van der Waals surface area contributed by atoms with E-state index in [0.717, 1.165) is 0 Å². The van der Waals surface area contributed by atoms with E-state index < -0.39 is 18.0 Å². The molecule has 0 heterocycles. The van der Waals surface area contributed by atoms with Crippen molar-refractivity contribution >= 4 is 0 Å². The van der Waals surface area contributed by atoms with Crippen LogP contribution in [-0.4, -0.2) is 18.0 Å². The lowest BCUT2D eigenvalue weighted by atomic mass is 10.2. The Morgan fingerprint density at radius 2 is 0.917 bits per heavy atom. The zero-order valence-electron chi connectivity index (χ0n) is 7.47. The van der Waals surface area contributed by atoms with Gasteiger partial charge in [0.2, 0.25) is 0 Å². The molecule has 0 fully saturated rings. The van der Waals surface area contributed by atoms with Crippen LogP contribution in [0.2, 0.25) is 0 Å². The van der Waals surface area contributed by atoms with Gasteiger partial charge in [0.25, 0.3) is 0 Å².